The molecule has 0 saturated carbocycles. The molecule has 1 aromatic carbocycles. The lowest BCUT2D eigenvalue weighted by atomic mass is 10.3. The lowest BCUT2D eigenvalue weighted by Crippen LogP contribution is -2.25. The van der Waals surface area contributed by atoms with E-state index in [0.29, 0.717) is 0 Å². The van der Waals surface area contributed by atoms with Crippen LogP contribution in [0.15, 0.2) is 42.7 Å². The molecule has 2 heteroatoms. The quantitative estimate of drug-likeness (QED) is 0.740. The Hall–Kier alpha value is -1.44. The van der Waals surface area contributed by atoms with E-state index in [4.69, 9.17) is 0 Å². The van der Waals surface area contributed by atoms with Crippen LogP contribution < -0.4 is 4.90 Å². The second-order valence-corrected chi connectivity index (χ2v) is 3.91. The zero-order chi connectivity index (χ0) is 10.5. The average Bonchev–Trinajstić information content (AvgIpc) is 2.76. The van der Waals surface area contributed by atoms with Crippen LogP contribution in [0, 0.1) is 0 Å². The fourth-order valence-electron chi connectivity index (χ4n) is 1.76. The van der Waals surface area contributed by atoms with Crippen LogP contribution in [0.3, 0.4) is 0 Å². The Bertz CT molecular complexity index is 319. The molecule has 0 unspecified atom stereocenters. The highest BCUT2D eigenvalue weighted by molar-refractivity contribution is 5.49. The highest BCUT2D eigenvalue weighted by Gasteiger charge is 2.12. The third-order valence-corrected chi connectivity index (χ3v) is 2.68. The molecule has 0 amide bonds. The van der Waals surface area contributed by atoms with E-state index in [0.717, 1.165) is 13.2 Å². The molecule has 1 heterocycles. The van der Waals surface area contributed by atoms with Crippen LogP contribution >= 0.6 is 0 Å². The van der Waals surface area contributed by atoms with E-state index < -0.39 is 0 Å². The zero-order valence-electron chi connectivity index (χ0n) is 9.26. The Morgan fingerprint density at radius 3 is 2.67 bits per heavy atom. The van der Waals surface area contributed by atoms with Crippen molar-refractivity contribution in [3.05, 3.63) is 42.7 Å². The summed E-state index contributed by atoms with van der Waals surface area (Å²) in [5.74, 6) is 0. The molecule has 15 heavy (non-hydrogen) atoms. The summed E-state index contributed by atoms with van der Waals surface area (Å²) in [6, 6.07) is 10.5. The summed E-state index contributed by atoms with van der Waals surface area (Å²) in [4.78, 5) is 4.63. The molecule has 0 N–H and O–H groups in total. The van der Waals surface area contributed by atoms with Gasteiger partial charge in [-0.2, -0.15) is 0 Å². The van der Waals surface area contributed by atoms with Crippen LogP contribution in [0.1, 0.15) is 19.8 Å². The van der Waals surface area contributed by atoms with E-state index in [1.165, 1.54) is 18.5 Å². The van der Waals surface area contributed by atoms with Gasteiger partial charge in [0.2, 0.25) is 0 Å². The largest absolute Gasteiger partial charge is 0.358 e. The number of anilines is 1. The van der Waals surface area contributed by atoms with Crippen LogP contribution in [0.5, 0.6) is 0 Å². The molecule has 0 bridgehead atoms. The summed E-state index contributed by atoms with van der Waals surface area (Å²) in [6.07, 6.45) is 6.87. The SMILES string of the molecule is CCCCN1C=CN(c2ccccc2)C1. The van der Waals surface area contributed by atoms with Gasteiger partial charge in [0.05, 0.1) is 6.67 Å². The Labute approximate surface area is 91.8 Å². The van der Waals surface area contributed by atoms with Crippen molar-refractivity contribution in [2.45, 2.75) is 19.8 Å². The lowest BCUT2D eigenvalue weighted by Gasteiger charge is -2.21. The molecule has 0 fully saturated rings. The van der Waals surface area contributed by atoms with Crippen LogP contribution in [-0.4, -0.2) is 18.1 Å². The van der Waals surface area contributed by atoms with Crippen molar-refractivity contribution < 1.29 is 0 Å². The highest BCUT2D eigenvalue weighted by Crippen LogP contribution is 2.18. The number of rotatable bonds is 4. The van der Waals surface area contributed by atoms with Gasteiger partial charge in [-0.1, -0.05) is 31.5 Å². The summed E-state index contributed by atoms with van der Waals surface area (Å²) in [5.41, 5.74) is 1.27. The van der Waals surface area contributed by atoms with Gasteiger partial charge in [-0.3, -0.25) is 0 Å². The number of unbranched alkanes of at least 4 members (excludes halogenated alkanes) is 1. The van der Waals surface area contributed by atoms with Gasteiger partial charge in [-0.25, -0.2) is 0 Å². The maximum Gasteiger partial charge on any atom is 0.0941 e. The van der Waals surface area contributed by atoms with Crippen molar-refractivity contribution in [2.24, 2.45) is 0 Å². The average molecular weight is 202 g/mol. The maximum atomic E-state index is 2.36. The van der Waals surface area contributed by atoms with Crippen molar-refractivity contribution >= 4 is 5.69 Å². The first-order valence-electron chi connectivity index (χ1n) is 5.64. The summed E-state index contributed by atoms with van der Waals surface area (Å²) in [7, 11) is 0. The number of para-hydroxylation sites is 1. The smallest absolute Gasteiger partial charge is 0.0941 e. The van der Waals surface area contributed by atoms with Crippen molar-refractivity contribution in [3.63, 3.8) is 0 Å². The normalized spacial score (nSPS) is 15.0. The van der Waals surface area contributed by atoms with Gasteiger partial charge >= 0.3 is 0 Å². The van der Waals surface area contributed by atoms with Crippen molar-refractivity contribution in [2.75, 3.05) is 18.1 Å². The van der Waals surface area contributed by atoms with E-state index in [9.17, 15) is 0 Å². The van der Waals surface area contributed by atoms with Gasteiger partial charge in [0.15, 0.2) is 0 Å². The third-order valence-electron chi connectivity index (χ3n) is 2.68. The minimum atomic E-state index is 0.990. The molecule has 0 saturated heterocycles. The number of hydrogen-bond donors (Lipinski definition) is 0. The third kappa shape index (κ3) is 2.52. The van der Waals surface area contributed by atoms with Gasteiger partial charge in [-0.15, -0.1) is 0 Å². The monoisotopic (exact) mass is 202 g/mol. The fraction of sp³-hybridized carbons (Fsp3) is 0.385. The summed E-state index contributed by atoms with van der Waals surface area (Å²) in [5, 5.41) is 0. The first kappa shape index (κ1) is 10.1. The first-order valence-corrected chi connectivity index (χ1v) is 5.64. The highest BCUT2D eigenvalue weighted by atomic mass is 15.3. The summed E-state index contributed by atoms with van der Waals surface area (Å²) >= 11 is 0. The molecule has 80 valence electrons. The van der Waals surface area contributed by atoms with E-state index in [-0.39, 0.29) is 0 Å². The molecule has 0 atom stereocenters. The van der Waals surface area contributed by atoms with E-state index in [2.05, 4.69) is 59.5 Å². The molecular weight excluding hydrogens is 184 g/mol. The van der Waals surface area contributed by atoms with E-state index in [1.807, 2.05) is 0 Å². The standard InChI is InChI=1S/C13H18N2/c1-2-3-9-14-10-11-15(12-14)13-7-5-4-6-8-13/h4-8,10-11H,2-3,9,12H2,1H3. The Balaban J connectivity index is 1.91. The lowest BCUT2D eigenvalue weighted by molar-refractivity contribution is 0.396. The zero-order valence-corrected chi connectivity index (χ0v) is 9.26. The van der Waals surface area contributed by atoms with Crippen LogP contribution in [0.4, 0.5) is 5.69 Å². The van der Waals surface area contributed by atoms with E-state index in [1.54, 1.807) is 0 Å². The van der Waals surface area contributed by atoms with Crippen molar-refractivity contribution in [1.29, 1.82) is 0 Å². The van der Waals surface area contributed by atoms with Crippen LogP contribution in [-0.2, 0) is 0 Å². The number of benzene rings is 1. The molecule has 2 rings (SSSR count). The maximum absolute atomic E-state index is 2.36. The van der Waals surface area contributed by atoms with Crippen molar-refractivity contribution in [1.82, 2.24) is 4.90 Å². The molecule has 0 aromatic heterocycles. The van der Waals surface area contributed by atoms with Gasteiger partial charge < -0.3 is 9.80 Å². The molecule has 0 spiro atoms. The predicted octanol–water partition coefficient (Wildman–Crippen LogP) is 3.04. The molecule has 0 aliphatic carbocycles. The minimum Gasteiger partial charge on any atom is -0.358 e. The molecule has 1 aliphatic heterocycles. The predicted molar refractivity (Wildman–Crippen MR) is 64.5 cm³/mol. The van der Waals surface area contributed by atoms with E-state index >= 15 is 0 Å². The topological polar surface area (TPSA) is 6.48 Å². The molecule has 0 radical (unpaired) electrons. The van der Waals surface area contributed by atoms with Gasteiger partial charge in [-0.05, 0) is 18.6 Å². The van der Waals surface area contributed by atoms with Crippen LogP contribution in [0.25, 0.3) is 0 Å². The Morgan fingerprint density at radius 2 is 1.93 bits per heavy atom. The second kappa shape index (κ2) is 4.87. The number of nitrogens with zero attached hydrogens (tertiary/aromatic N) is 2. The van der Waals surface area contributed by atoms with Gasteiger partial charge in [0.25, 0.3) is 0 Å². The van der Waals surface area contributed by atoms with Gasteiger partial charge in [0, 0.05) is 24.6 Å². The Kier molecular flexibility index (Phi) is 3.28. The second-order valence-electron chi connectivity index (χ2n) is 3.91. The molecular formula is C13H18N2. The molecule has 2 nitrogen and oxygen atoms in total. The number of hydrogen-bond acceptors (Lipinski definition) is 2. The molecule has 1 aliphatic rings. The minimum absolute atomic E-state index is 0.990. The van der Waals surface area contributed by atoms with Gasteiger partial charge in [0.1, 0.15) is 0 Å². The summed E-state index contributed by atoms with van der Waals surface area (Å²) in [6.45, 7) is 4.38. The van der Waals surface area contributed by atoms with Crippen molar-refractivity contribution in [3.8, 4) is 0 Å². The van der Waals surface area contributed by atoms with Crippen LogP contribution in [0.2, 0.25) is 0 Å². The summed E-state index contributed by atoms with van der Waals surface area (Å²) < 4.78 is 0. The fourth-order valence-corrected chi connectivity index (χ4v) is 1.76. The Morgan fingerprint density at radius 1 is 1.13 bits per heavy atom. The first-order chi connectivity index (χ1) is 7.40. The molecule has 1 aromatic rings.